The Balaban J connectivity index is 1.88. The quantitative estimate of drug-likeness (QED) is 0.783. The van der Waals surface area contributed by atoms with Crippen molar-refractivity contribution in [1.82, 2.24) is 5.32 Å². The third-order valence-electron chi connectivity index (χ3n) is 3.13. The SMILES string of the molecule is CCCNCC1CC1c1ccc(Br)c(Br)c1. The summed E-state index contributed by atoms with van der Waals surface area (Å²) >= 11 is 7.07. The minimum atomic E-state index is 0.772. The van der Waals surface area contributed by atoms with Gasteiger partial charge in [0.05, 0.1) is 0 Å². The molecular weight excluding hydrogens is 330 g/mol. The van der Waals surface area contributed by atoms with Crippen LogP contribution in [0.25, 0.3) is 0 Å². The van der Waals surface area contributed by atoms with Crippen LogP contribution in [0.1, 0.15) is 31.2 Å². The molecule has 2 unspecified atom stereocenters. The van der Waals surface area contributed by atoms with Crippen LogP contribution in [0.2, 0.25) is 0 Å². The van der Waals surface area contributed by atoms with Gasteiger partial charge < -0.3 is 5.32 Å². The van der Waals surface area contributed by atoms with Crippen molar-refractivity contribution in [2.24, 2.45) is 5.92 Å². The Bertz CT molecular complexity index is 365. The first-order valence-electron chi connectivity index (χ1n) is 5.88. The van der Waals surface area contributed by atoms with Crippen molar-refractivity contribution in [3.8, 4) is 0 Å². The normalized spacial score (nSPS) is 23.4. The molecule has 2 atom stereocenters. The van der Waals surface area contributed by atoms with E-state index in [9.17, 15) is 0 Å². The maximum Gasteiger partial charge on any atom is 0.0320 e. The van der Waals surface area contributed by atoms with Gasteiger partial charge in [0.2, 0.25) is 0 Å². The Morgan fingerprint density at radius 3 is 2.81 bits per heavy atom. The Labute approximate surface area is 114 Å². The summed E-state index contributed by atoms with van der Waals surface area (Å²) < 4.78 is 2.30. The Morgan fingerprint density at radius 1 is 1.31 bits per heavy atom. The van der Waals surface area contributed by atoms with Crippen LogP contribution in [0.4, 0.5) is 0 Å². The van der Waals surface area contributed by atoms with Crippen LogP contribution in [0.5, 0.6) is 0 Å². The van der Waals surface area contributed by atoms with Gasteiger partial charge in [0.1, 0.15) is 0 Å². The largest absolute Gasteiger partial charge is 0.316 e. The average Bonchev–Trinajstić information content (AvgIpc) is 3.02. The lowest BCUT2D eigenvalue weighted by Gasteiger charge is -2.04. The van der Waals surface area contributed by atoms with E-state index in [1.807, 2.05) is 0 Å². The van der Waals surface area contributed by atoms with E-state index in [1.54, 1.807) is 0 Å². The summed E-state index contributed by atoms with van der Waals surface area (Å²) in [6, 6.07) is 6.61. The molecule has 0 heterocycles. The summed E-state index contributed by atoms with van der Waals surface area (Å²) in [6.45, 7) is 4.53. The first-order valence-corrected chi connectivity index (χ1v) is 7.46. The fourth-order valence-electron chi connectivity index (χ4n) is 2.09. The van der Waals surface area contributed by atoms with Crippen LogP contribution in [0, 0.1) is 5.92 Å². The van der Waals surface area contributed by atoms with Gasteiger partial charge >= 0.3 is 0 Å². The number of benzene rings is 1. The topological polar surface area (TPSA) is 12.0 Å². The molecule has 1 aromatic rings. The molecule has 0 radical (unpaired) electrons. The molecule has 1 aromatic carbocycles. The minimum absolute atomic E-state index is 0.772. The van der Waals surface area contributed by atoms with Crippen molar-refractivity contribution in [1.29, 1.82) is 0 Å². The summed E-state index contributed by atoms with van der Waals surface area (Å²) in [7, 11) is 0. The zero-order valence-electron chi connectivity index (χ0n) is 9.47. The van der Waals surface area contributed by atoms with Crippen LogP contribution in [-0.4, -0.2) is 13.1 Å². The lowest BCUT2D eigenvalue weighted by molar-refractivity contribution is 0.620. The first-order chi connectivity index (χ1) is 7.72. The second-order valence-corrected chi connectivity index (χ2v) is 6.19. The molecular formula is C13H17Br2N. The highest BCUT2D eigenvalue weighted by Crippen LogP contribution is 2.47. The van der Waals surface area contributed by atoms with Crippen molar-refractivity contribution in [2.75, 3.05) is 13.1 Å². The van der Waals surface area contributed by atoms with E-state index in [-0.39, 0.29) is 0 Å². The van der Waals surface area contributed by atoms with Crippen molar-refractivity contribution >= 4 is 31.9 Å². The molecule has 1 fully saturated rings. The van der Waals surface area contributed by atoms with Crippen molar-refractivity contribution in [3.63, 3.8) is 0 Å². The van der Waals surface area contributed by atoms with Gasteiger partial charge in [0, 0.05) is 8.95 Å². The predicted molar refractivity (Wildman–Crippen MR) is 75.9 cm³/mol. The minimum Gasteiger partial charge on any atom is -0.316 e. The van der Waals surface area contributed by atoms with E-state index >= 15 is 0 Å². The van der Waals surface area contributed by atoms with Crippen LogP contribution >= 0.6 is 31.9 Å². The Kier molecular flexibility index (Phi) is 4.45. The maximum absolute atomic E-state index is 3.56. The highest BCUT2D eigenvalue weighted by Gasteiger charge is 2.37. The van der Waals surface area contributed by atoms with Gasteiger partial charge in [-0.15, -0.1) is 0 Å². The molecule has 1 aliphatic rings. The molecule has 1 nitrogen and oxygen atoms in total. The Hall–Kier alpha value is 0.140. The average molecular weight is 347 g/mol. The van der Waals surface area contributed by atoms with E-state index in [2.05, 4.69) is 62.3 Å². The van der Waals surface area contributed by atoms with Gasteiger partial charge in [0.25, 0.3) is 0 Å². The van der Waals surface area contributed by atoms with Gasteiger partial charge in [-0.05, 0) is 87.3 Å². The third-order valence-corrected chi connectivity index (χ3v) is 5.01. The second-order valence-electron chi connectivity index (χ2n) is 4.48. The van der Waals surface area contributed by atoms with E-state index in [0.29, 0.717) is 0 Å². The van der Waals surface area contributed by atoms with Crippen LogP contribution in [0.15, 0.2) is 27.1 Å². The standard InChI is InChI=1S/C13H17Br2N/c1-2-5-16-8-10-6-11(10)9-3-4-12(14)13(15)7-9/h3-4,7,10-11,16H,2,5-6,8H2,1H3. The van der Waals surface area contributed by atoms with Gasteiger partial charge in [0.15, 0.2) is 0 Å². The first kappa shape index (κ1) is 12.6. The fraction of sp³-hybridized carbons (Fsp3) is 0.538. The number of hydrogen-bond acceptors (Lipinski definition) is 1. The second kappa shape index (κ2) is 5.65. The van der Waals surface area contributed by atoms with Crippen molar-refractivity contribution < 1.29 is 0 Å². The van der Waals surface area contributed by atoms with Gasteiger partial charge in [-0.2, -0.15) is 0 Å². The third kappa shape index (κ3) is 3.08. The van der Waals surface area contributed by atoms with E-state index in [4.69, 9.17) is 0 Å². The molecule has 1 aliphatic carbocycles. The molecule has 3 heteroatoms. The predicted octanol–water partition coefficient (Wildman–Crippen LogP) is 4.31. The number of nitrogens with one attached hydrogen (secondary N) is 1. The maximum atomic E-state index is 3.56. The molecule has 0 bridgehead atoms. The number of hydrogen-bond donors (Lipinski definition) is 1. The summed E-state index contributed by atoms with van der Waals surface area (Å²) in [5.74, 6) is 1.62. The highest BCUT2D eigenvalue weighted by atomic mass is 79.9. The van der Waals surface area contributed by atoms with Crippen molar-refractivity contribution in [2.45, 2.75) is 25.7 Å². The highest BCUT2D eigenvalue weighted by molar-refractivity contribution is 9.13. The molecule has 88 valence electrons. The van der Waals surface area contributed by atoms with E-state index in [1.165, 1.54) is 24.9 Å². The lowest BCUT2D eigenvalue weighted by atomic mass is 10.1. The molecule has 0 spiro atoms. The van der Waals surface area contributed by atoms with Gasteiger partial charge in [-0.3, -0.25) is 0 Å². The molecule has 16 heavy (non-hydrogen) atoms. The van der Waals surface area contributed by atoms with E-state index < -0.39 is 0 Å². The Morgan fingerprint density at radius 2 is 2.12 bits per heavy atom. The lowest BCUT2D eigenvalue weighted by Crippen LogP contribution is -2.17. The zero-order chi connectivity index (χ0) is 11.5. The molecule has 0 saturated heterocycles. The fourth-order valence-corrected chi connectivity index (χ4v) is 2.73. The van der Waals surface area contributed by atoms with Crippen LogP contribution < -0.4 is 5.32 Å². The van der Waals surface area contributed by atoms with Gasteiger partial charge in [-0.1, -0.05) is 13.0 Å². The molecule has 2 rings (SSSR count). The summed E-state index contributed by atoms with van der Waals surface area (Å²) in [5.41, 5.74) is 1.47. The van der Waals surface area contributed by atoms with Crippen LogP contribution in [-0.2, 0) is 0 Å². The number of rotatable bonds is 5. The smallest absolute Gasteiger partial charge is 0.0320 e. The van der Waals surface area contributed by atoms with E-state index in [0.717, 1.165) is 27.3 Å². The molecule has 0 amide bonds. The van der Waals surface area contributed by atoms with Crippen LogP contribution in [0.3, 0.4) is 0 Å². The molecule has 1 saturated carbocycles. The summed E-state index contributed by atoms with van der Waals surface area (Å²) in [5, 5.41) is 3.50. The summed E-state index contributed by atoms with van der Waals surface area (Å²) in [6.07, 6.45) is 2.56. The summed E-state index contributed by atoms with van der Waals surface area (Å²) in [4.78, 5) is 0. The zero-order valence-corrected chi connectivity index (χ0v) is 12.6. The molecule has 1 N–H and O–H groups in total. The number of halogens is 2. The molecule has 0 aliphatic heterocycles. The monoisotopic (exact) mass is 345 g/mol. The molecule has 0 aromatic heterocycles. The van der Waals surface area contributed by atoms with Gasteiger partial charge in [-0.25, -0.2) is 0 Å². The van der Waals surface area contributed by atoms with Crippen molar-refractivity contribution in [3.05, 3.63) is 32.7 Å².